The molecule has 0 saturated carbocycles. The fourth-order valence-electron chi connectivity index (χ4n) is 1.98. The van der Waals surface area contributed by atoms with E-state index in [1.54, 1.807) is 0 Å². The van der Waals surface area contributed by atoms with Crippen LogP contribution in [0.15, 0.2) is 30.3 Å². The Morgan fingerprint density at radius 1 is 1.11 bits per heavy atom. The van der Waals surface area contributed by atoms with Crippen LogP contribution in [0.3, 0.4) is 0 Å². The summed E-state index contributed by atoms with van der Waals surface area (Å²) in [6.45, 7) is 8.53. The Hall–Kier alpha value is -0.960. The van der Waals surface area contributed by atoms with Gasteiger partial charge in [0.15, 0.2) is 0 Å². The van der Waals surface area contributed by atoms with E-state index in [-0.39, 0.29) is 5.24 Å². The molecule has 2 atom stereocenters. The van der Waals surface area contributed by atoms with Crippen molar-refractivity contribution in [2.45, 2.75) is 58.4 Å². The maximum atomic E-state index is 12.4. The molecule has 0 aliphatic carbocycles. The Kier molecular flexibility index (Phi) is 7.00. The zero-order valence-electron chi connectivity index (χ0n) is 12.4. The predicted octanol–water partition coefficient (Wildman–Crippen LogP) is 4.94. The monoisotopic (exact) mass is 279 g/mol. The summed E-state index contributed by atoms with van der Waals surface area (Å²) < 4.78 is 0. The first-order valence-corrected chi connectivity index (χ1v) is 8.07. The van der Waals surface area contributed by atoms with Crippen LogP contribution in [0.25, 0.3) is 0 Å². The van der Waals surface area contributed by atoms with E-state index >= 15 is 0 Å². The molecule has 2 nitrogen and oxygen atoms in total. The Bertz CT molecular complexity index is 370. The molecule has 0 aliphatic rings. The van der Waals surface area contributed by atoms with E-state index < -0.39 is 0 Å². The summed E-state index contributed by atoms with van der Waals surface area (Å²) in [7, 11) is 0. The number of carbonyl (C=O) groups is 1. The first kappa shape index (κ1) is 16.1. The van der Waals surface area contributed by atoms with Gasteiger partial charge in [0.05, 0.1) is 0 Å². The largest absolute Gasteiger partial charge is 0.328 e. The van der Waals surface area contributed by atoms with Gasteiger partial charge >= 0.3 is 0 Å². The van der Waals surface area contributed by atoms with Gasteiger partial charge in [0.25, 0.3) is 5.24 Å². The molecule has 0 bridgehead atoms. The summed E-state index contributed by atoms with van der Waals surface area (Å²) in [5, 5.41) is 0.201. The highest BCUT2D eigenvalue weighted by molar-refractivity contribution is 8.12. The van der Waals surface area contributed by atoms with Crippen molar-refractivity contribution in [3.05, 3.63) is 35.9 Å². The molecular weight excluding hydrogens is 254 g/mol. The summed E-state index contributed by atoms with van der Waals surface area (Å²) in [6.07, 6.45) is 2.00. The lowest BCUT2D eigenvalue weighted by Crippen LogP contribution is -2.42. The van der Waals surface area contributed by atoms with Gasteiger partial charge < -0.3 is 4.90 Å². The minimum Gasteiger partial charge on any atom is -0.328 e. The number of hydrogen-bond acceptors (Lipinski definition) is 2. The average Bonchev–Trinajstić information content (AvgIpc) is 2.45. The molecule has 0 heterocycles. The van der Waals surface area contributed by atoms with Gasteiger partial charge in [-0.1, -0.05) is 55.9 Å². The van der Waals surface area contributed by atoms with E-state index in [0.717, 1.165) is 18.6 Å². The molecule has 0 unspecified atom stereocenters. The molecule has 106 valence electrons. The molecular formula is C16H25NOS. The van der Waals surface area contributed by atoms with Crippen LogP contribution in [-0.4, -0.2) is 22.2 Å². The Morgan fingerprint density at radius 3 is 2.11 bits per heavy atom. The zero-order valence-corrected chi connectivity index (χ0v) is 13.2. The van der Waals surface area contributed by atoms with Crippen LogP contribution in [-0.2, 0) is 5.75 Å². The van der Waals surface area contributed by atoms with Gasteiger partial charge in [0.2, 0.25) is 0 Å². The SMILES string of the molecule is CC[C@H](C)N(C(=O)SCc1ccccc1)[C@@H](C)CC. The van der Waals surface area contributed by atoms with Crippen LogP contribution in [0.1, 0.15) is 46.1 Å². The lowest BCUT2D eigenvalue weighted by molar-refractivity contribution is 0.173. The molecule has 0 spiro atoms. The van der Waals surface area contributed by atoms with E-state index in [2.05, 4.69) is 39.8 Å². The first-order valence-electron chi connectivity index (χ1n) is 7.09. The molecule has 1 amide bonds. The maximum Gasteiger partial charge on any atom is 0.282 e. The topological polar surface area (TPSA) is 20.3 Å². The molecule has 0 radical (unpaired) electrons. The van der Waals surface area contributed by atoms with Crippen molar-refractivity contribution in [1.82, 2.24) is 4.90 Å². The normalized spacial score (nSPS) is 13.9. The van der Waals surface area contributed by atoms with Crippen molar-refractivity contribution in [1.29, 1.82) is 0 Å². The average molecular weight is 279 g/mol. The molecule has 0 N–H and O–H groups in total. The Morgan fingerprint density at radius 2 is 1.63 bits per heavy atom. The molecule has 1 aromatic rings. The Labute approximate surface area is 121 Å². The lowest BCUT2D eigenvalue weighted by atomic mass is 10.1. The molecule has 0 aliphatic heterocycles. The van der Waals surface area contributed by atoms with Crippen molar-refractivity contribution in [2.24, 2.45) is 0 Å². The van der Waals surface area contributed by atoms with Crippen molar-refractivity contribution in [3.63, 3.8) is 0 Å². The van der Waals surface area contributed by atoms with Crippen LogP contribution in [0.5, 0.6) is 0 Å². The number of rotatable bonds is 6. The summed E-state index contributed by atoms with van der Waals surface area (Å²) in [5.74, 6) is 0.753. The van der Waals surface area contributed by atoms with Crippen LogP contribution in [0.4, 0.5) is 4.79 Å². The minimum absolute atomic E-state index is 0.201. The van der Waals surface area contributed by atoms with E-state index in [1.807, 2.05) is 23.1 Å². The van der Waals surface area contributed by atoms with Gasteiger partial charge in [-0.3, -0.25) is 4.79 Å². The summed E-state index contributed by atoms with van der Waals surface area (Å²) >= 11 is 1.41. The van der Waals surface area contributed by atoms with Crippen LogP contribution in [0, 0.1) is 0 Å². The lowest BCUT2D eigenvalue weighted by Gasteiger charge is -2.33. The van der Waals surface area contributed by atoms with E-state index in [1.165, 1.54) is 17.3 Å². The minimum atomic E-state index is 0.201. The molecule has 19 heavy (non-hydrogen) atoms. The van der Waals surface area contributed by atoms with E-state index in [4.69, 9.17) is 0 Å². The number of nitrogens with zero attached hydrogens (tertiary/aromatic N) is 1. The standard InChI is InChI=1S/C16H25NOS/c1-5-13(3)17(14(4)6-2)16(18)19-12-15-10-8-7-9-11-15/h7-11,13-14H,5-6,12H2,1-4H3/t13-,14-/m0/s1. The quantitative estimate of drug-likeness (QED) is 0.735. The molecule has 0 aromatic heterocycles. The second-order valence-electron chi connectivity index (χ2n) is 4.96. The van der Waals surface area contributed by atoms with Gasteiger partial charge in [-0.25, -0.2) is 0 Å². The van der Waals surface area contributed by atoms with Gasteiger partial charge in [-0.15, -0.1) is 0 Å². The summed E-state index contributed by atoms with van der Waals surface area (Å²) in [5.41, 5.74) is 1.20. The zero-order chi connectivity index (χ0) is 14.3. The Balaban J connectivity index is 2.62. The number of benzene rings is 1. The van der Waals surface area contributed by atoms with Crippen molar-refractivity contribution in [2.75, 3.05) is 0 Å². The summed E-state index contributed by atoms with van der Waals surface area (Å²) in [6, 6.07) is 10.8. The highest BCUT2D eigenvalue weighted by Gasteiger charge is 2.23. The van der Waals surface area contributed by atoms with Crippen LogP contribution in [0.2, 0.25) is 0 Å². The highest BCUT2D eigenvalue weighted by atomic mass is 32.2. The number of amides is 1. The van der Waals surface area contributed by atoms with Crippen molar-refractivity contribution < 1.29 is 4.79 Å². The molecule has 1 aromatic carbocycles. The third kappa shape index (κ3) is 4.90. The highest BCUT2D eigenvalue weighted by Crippen LogP contribution is 2.22. The molecule has 3 heteroatoms. The second kappa shape index (κ2) is 8.26. The van der Waals surface area contributed by atoms with Gasteiger partial charge in [0.1, 0.15) is 0 Å². The third-order valence-corrected chi connectivity index (χ3v) is 4.48. The second-order valence-corrected chi connectivity index (χ2v) is 5.89. The summed E-state index contributed by atoms with van der Waals surface area (Å²) in [4.78, 5) is 14.4. The van der Waals surface area contributed by atoms with Gasteiger partial charge in [0, 0.05) is 17.8 Å². The van der Waals surface area contributed by atoms with Crippen LogP contribution >= 0.6 is 11.8 Å². The fourth-order valence-corrected chi connectivity index (χ4v) is 2.97. The molecule has 1 rings (SSSR count). The van der Waals surface area contributed by atoms with Crippen LogP contribution < -0.4 is 0 Å². The van der Waals surface area contributed by atoms with E-state index in [0.29, 0.717) is 12.1 Å². The first-order chi connectivity index (χ1) is 9.10. The number of hydrogen-bond donors (Lipinski definition) is 0. The smallest absolute Gasteiger partial charge is 0.282 e. The van der Waals surface area contributed by atoms with E-state index in [9.17, 15) is 4.79 Å². The van der Waals surface area contributed by atoms with Gasteiger partial charge in [-0.2, -0.15) is 0 Å². The molecule has 0 fully saturated rings. The number of carbonyl (C=O) groups excluding carboxylic acids is 1. The molecule has 0 saturated heterocycles. The van der Waals surface area contributed by atoms with Crippen molar-refractivity contribution >= 4 is 17.0 Å². The predicted molar refractivity (Wildman–Crippen MR) is 84.5 cm³/mol. The fraction of sp³-hybridized carbons (Fsp3) is 0.562. The number of thioether (sulfide) groups is 1. The van der Waals surface area contributed by atoms with Crippen molar-refractivity contribution in [3.8, 4) is 0 Å². The van der Waals surface area contributed by atoms with Gasteiger partial charge in [-0.05, 0) is 32.3 Å². The maximum absolute atomic E-state index is 12.4. The third-order valence-electron chi connectivity index (χ3n) is 3.55.